The Balaban J connectivity index is 1.69. The number of rotatable bonds is 4. The smallest absolute Gasteiger partial charge is 0.262 e. The number of nitrogens with one attached hydrogen (secondary N) is 1. The Morgan fingerprint density at radius 1 is 1.26 bits per heavy atom. The van der Waals surface area contributed by atoms with Crippen LogP contribution in [0.5, 0.6) is 5.88 Å². The molecule has 120 valence electrons. The lowest BCUT2D eigenvalue weighted by Gasteiger charge is -2.28. The molecule has 1 aliphatic rings. The van der Waals surface area contributed by atoms with E-state index in [9.17, 15) is 4.79 Å². The highest BCUT2D eigenvalue weighted by molar-refractivity contribution is 6.05. The van der Waals surface area contributed by atoms with Crippen LogP contribution in [0.1, 0.15) is 10.4 Å². The van der Waals surface area contributed by atoms with Gasteiger partial charge in [0.2, 0.25) is 5.88 Å². The molecule has 1 saturated heterocycles. The van der Waals surface area contributed by atoms with Crippen LogP contribution in [0.25, 0.3) is 0 Å². The number of hydrogen-bond acceptors (Lipinski definition) is 6. The Kier molecular flexibility index (Phi) is 4.68. The number of nitrogens with zero attached hydrogens (tertiary/aromatic N) is 3. The summed E-state index contributed by atoms with van der Waals surface area (Å²) in [7, 11) is 1.48. The molecule has 23 heavy (non-hydrogen) atoms. The quantitative estimate of drug-likeness (QED) is 0.923. The van der Waals surface area contributed by atoms with Gasteiger partial charge in [-0.3, -0.25) is 4.79 Å². The molecule has 1 N–H and O–H groups in total. The van der Waals surface area contributed by atoms with Crippen LogP contribution in [0.15, 0.2) is 36.7 Å². The minimum atomic E-state index is -0.304. The third-order valence-electron chi connectivity index (χ3n) is 3.57. The Morgan fingerprint density at radius 3 is 2.78 bits per heavy atom. The van der Waals surface area contributed by atoms with Crippen LogP contribution >= 0.6 is 0 Å². The van der Waals surface area contributed by atoms with E-state index in [0.29, 0.717) is 11.4 Å². The van der Waals surface area contributed by atoms with E-state index in [-0.39, 0.29) is 11.8 Å². The van der Waals surface area contributed by atoms with E-state index in [1.807, 2.05) is 6.07 Å². The van der Waals surface area contributed by atoms with Gasteiger partial charge in [0.05, 0.1) is 32.2 Å². The zero-order valence-electron chi connectivity index (χ0n) is 12.9. The average Bonchev–Trinajstić information content (AvgIpc) is 2.63. The number of pyridine rings is 2. The van der Waals surface area contributed by atoms with Gasteiger partial charge in [-0.25, -0.2) is 9.97 Å². The Bertz CT molecular complexity index is 669. The number of anilines is 2. The van der Waals surface area contributed by atoms with Gasteiger partial charge < -0.3 is 19.7 Å². The maximum absolute atomic E-state index is 12.3. The van der Waals surface area contributed by atoms with E-state index in [2.05, 4.69) is 20.2 Å². The Morgan fingerprint density at radius 2 is 2.09 bits per heavy atom. The molecule has 0 radical (unpaired) electrons. The Hall–Kier alpha value is -2.67. The third kappa shape index (κ3) is 3.57. The summed E-state index contributed by atoms with van der Waals surface area (Å²) in [6, 6.07) is 7.07. The van der Waals surface area contributed by atoms with E-state index in [4.69, 9.17) is 9.47 Å². The molecule has 2 aromatic heterocycles. The normalized spacial score (nSPS) is 14.4. The standard InChI is InChI=1S/C16H18N4O3/c1-22-16-13(3-2-6-17-16)15(21)19-14-5-4-12(11-18-14)20-7-9-23-10-8-20/h2-6,11H,7-10H2,1H3,(H,18,19,21). The lowest BCUT2D eigenvalue weighted by atomic mass is 10.2. The Labute approximate surface area is 134 Å². The molecule has 0 unspecified atom stereocenters. The van der Waals surface area contributed by atoms with Crippen molar-refractivity contribution in [2.45, 2.75) is 0 Å². The predicted octanol–water partition coefficient (Wildman–Crippen LogP) is 1.57. The number of hydrogen-bond donors (Lipinski definition) is 1. The lowest BCUT2D eigenvalue weighted by molar-refractivity contribution is 0.102. The summed E-state index contributed by atoms with van der Waals surface area (Å²) in [5.74, 6) is 0.467. The van der Waals surface area contributed by atoms with Crippen LogP contribution in [0.2, 0.25) is 0 Å². The number of aromatic nitrogens is 2. The molecule has 1 aliphatic heterocycles. The first-order chi connectivity index (χ1) is 11.3. The number of morpholine rings is 1. The molecule has 0 spiro atoms. The second-order valence-electron chi connectivity index (χ2n) is 5.02. The average molecular weight is 314 g/mol. The number of carbonyl (C=O) groups excluding carboxylic acids is 1. The summed E-state index contributed by atoms with van der Waals surface area (Å²) in [6.45, 7) is 3.14. The number of amides is 1. The SMILES string of the molecule is COc1ncccc1C(=O)Nc1ccc(N2CCOCC2)cn1. The van der Waals surface area contributed by atoms with Crippen molar-refractivity contribution in [2.24, 2.45) is 0 Å². The summed E-state index contributed by atoms with van der Waals surface area (Å²) >= 11 is 0. The topological polar surface area (TPSA) is 76.6 Å². The summed E-state index contributed by atoms with van der Waals surface area (Å²) in [4.78, 5) is 22.8. The van der Waals surface area contributed by atoms with Gasteiger partial charge in [-0.05, 0) is 24.3 Å². The summed E-state index contributed by atoms with van der Waals surface area (Å²) < 4.78 is 10.4. The fourth-order valence-corrected chi connectivity index (χ4v) is 2.38. The maximum Gasteiger partial charge on any atom is 0.262 e. The minimum Gasteiger partial charge on any atom is -0.480 e. The first-order valence-electron chi connectivity index (χ1n) is 7.37. The summed E-state index contributed by atoms with van der Waals surface area (Å²) in [5, 5.41) is 2.75. The third-order valence-corrected chi connectivity index (χ3v) is 3.57. The van der Waals surface area contributed by atoms with E-state index in [0.717, 1.165) is 32.0 Å². The zero-order valence-corrected chi connectivity index (χ0v) is 12.9. The predicted molar refractivity (Wildman–Crippen MR) is 86.0 cm³/mol. The molecule has 0 aromatic carbocycles. The van der Waals surface area contributed by atoms with Gasteiger partial charge in [-0.2, -0.15) is 0 Å². The van der Waals surface area contributed by atoms with Gasteiger partial charge >= 0.3 is 0 Å². The number of methoxy groups -OCH3 is 1. The van der Waals surface area contributed by atoms with E-state index in [1.165, 1.54) is 7.11 Å². The molecule has 3 rings (SSSR count). The monoisotopic (exact) mass is 314 g/mol. The minimum absolute atomic E-state index is 0.287. The van der Waals surface area contributed by atoms with Crippen molar-refractivity contribution < 1.29 is 14.3 Å². The van der Waals surface area contributed by atoms with Crippen LogP contribution in [0.3, 0.4) is 0 Å². The highest BCUT2D eigenvalue weighted by atomic mass is 16.5. The highest BCUT2D eigenvalue weighted by Crippen LogP contribution is 2.18. The van der Waals surface area contributed by atoms with Gasteiger partial charge in [0.1, 0.15) is 11.4 Å². The number of carbonyl (C=O) groups is 1. The molecule has 0 bridgehead atoms. The summed E-state index contributed by atoms with van der Waals surface area (Å²) in [5.41, 5.74) is 1.39. The molecule has 0 aliphatic carbocycles. The fourth-order valence-electron chi connectivity index (χ4n) is 2.38. The van der Waals surface area contributed by atoms with Crippen molar-refractivity contribution in [3.63, 3.8) is 0 Å². The largest absolute Gasteiger partial charge is 0.480 e. The van der Waals surface area contributed by atoms with Gasteiger partial charge in [-0.1, -0.05) is 0 Å². The van der Waals surface area contributed by atoms with Gasteiger partial charge in [-0.15, -0.1) is 0 Å². The molecule has 3 heterocycles. The van der Waals surface area contributed by atoms with E-state index < -0.39 is 0 Å². The molecular formula is C16H18N4O3. The van der Waals surface area contributed by atoms with Crippen molar-refractivity contribution in [3.8, 4) is 5.88 Å². The second kappa shape index (κ2) is 7.06. The molecule has 7 heteroatoms. The van der Waals surface area contributed by atoms with Gasteiger partial charge in [0, 0.05) is 19.3 Å². The van der Waals surface area contributed by atoms with Crippen molar-refractivity contribution in [1.82, 2.24) is 9.97 Å². The molecule has 2 aromatic rings. The van der Waals surface area contributed by atoms with Crippen LogP contribution in [-0.4, -0.2) is 49.3 Å². The molecule has 7 nitrogen and oxygen atoms in total. The van der Waals surface area contributed by atoms with Crippen molar-refractivity contribution in [3.05, 3.63) is 42.2 Å². The van der Waals surface area contributed by atoms with Gasteiger partial charge in [0.25, 0.3) is 5.91 Å². The molecule has 1 fully saturated rings. The molecule has 0 saturated carbocycles. The van der Waals surface area contributed by atoms with Crippen LogP contribution < -0.4 is 15.0 Å². The maximum atomic E-state index is 12.3. The molecular weight excluding hydrogens is 296 g/mol. The van der Waals surface area contributed by atoms with Crippen LogP contribution in [-0.2, 0) is 4.74 Å². The van der Waals surface area contributed by atoms with Crippen LogP contribution in [0.4, 0.5) is 11.5 Å². The first kappa shape index (κ1) is 15.2. The number of ether oxygens (including phenoxy) is 2. The van der Waals surface area contributed by atoms with Crippen molar-refractivity contribution >= 4 is 17.4 Å². The lowest BCUT2D eigenvalue weighted by Crippen LogP contribution is -2.36. The van der Waals surface area contributed by atoms with Crippen LogP contribution in [0, 0.1) is 0 Å². The van der Waals surface area contributed by atoms with E-state index >= 15 is 0 Å². The molecule has 0 atom stereocenters. The first-order valence-corrected chi connectivity index (χ1v) is 7.37. The van der Waals surface area contributed by atoms with Crippen molar-refractivity contribution in [2.75, 3.05) is 43.6 Å². The van der Waals surface area contributed by atoms with Gasteiger partial charge in [0.15, 0.2) is 0 Å². The second-order valence-corrected chi connectivity index (χ2v) is 5.02. The summed E-state index contributed by atoms with van der Waals surface area (Å²) in [6.07, 6.45) is 3.33. The zero-order chi connectivity index (χ0) is 16.1. The fraction of sp³-hybridized carbons (Fsp3) is 0.312. The highest BCUT2D eigenvalue weighted by Gasteiger charge is 2.14. The van der Waals surface area contributed by atoms with E-state index in [1.54, 1.807) is 30.6 Å². The van der Waals surface area contributed by atoms with Crippen molar-refractivity contribution in [1.29, 1.82) is 0 Å². The molecule has 1 amide bonds.